The second-order valence-corrected chi connectivity index (χ2v) is 24.6. The molecule has 0 aliphatic heterocycles. The van der Waals surface area contributed by atoms with Crippen LogP contribution in [0.5, 0.6) is 0 Å². The highest BCUT2D eigenvalue weighted by Crippen LogP contribution is 2.48. The number of hydrogen-bond donors (Lipinski definition) is 0. The molecule has 8 heterocycles. The molecule has 0 amide bonds. The Hall–Kier alpha value is -12.5. The zero-order valence-corrected chi connectivity index (χ0v) is 53.3. The number of benzene rings is 10. The van der Waals surface area contributed by atoms with Gasteiger partial charge in [-0.15, -0.1) is 0 Å². The maximum Gasteiger partial charge on any atom is 0.0791 e. The molecule has 18 rings (SSSR count). The average Bonchev–Trinajstić information content (AvgIpc) is 0.716. The van der Waals surface area contributed by atoms with Crippen molar-refractivity contribution in [2.24, 2.45) is 0 Å². The minimum atomic E-state index is 0.956. The van der Waals surface area contributed by atoms with E-state index < -0.39 is 0 Å². The molecule has 96 heavy (non-hydrogen) atoms. The molecule has 0 saturated carbocycles. The molecular formula is C88H60N8. The molecular weight excluding hydrogens is 1170 g/mol. The predicted molar refractivity (Wildman–Crippen MR) is 398 cm³/mol. The first-order valence-electron chi connectivity index (χ1n) is 32.4. The number of pyridine rings is 8. The molecule has 0 unspecified atom stereocenters. The summed E-state index contributed by atoms with van der Waals surface area (Å²) in [6.07, 6.45) is 11.1. The largest absolute Gasteiger partial charge is 0.264 e. The topological polar surface area (TPSA) is 103 Å². The third-order valence-electron chi connectivity index (χ3n) is 19.1. The van der Waals surface area contributed by atoms with Gasteiger partial charge in [-0.2, -0.15) is 0 Å². The molecule has 0 spiro atoms. The smallest absolute Gasteiger partial charge is 0.0791 e. The number of hydrogen-bond acceptors (Lipinski definition) is 8. The van der Waals surface area contributed by atoms with Crippen molar-refractivity contribution < 1.29 is 0 Å². The Balaban J connectivity index is 0.000000145. The van der Waals surface area contributed by atoms with E-state index in [1.54, 1.807) is 12.4 Å². The standard InChI is InChI=1S/2C44H30N4/c1-27-39-33-11-3-5-15-37(33)48-44(32-23-19-30(20-24-32)36-14-8-10-26-46-36)42(39)28(2)40-34-12-4-6-16-38(34)47-43(41(27)40)31-21-17-29(18-22-31)35-13-7-9-25-45-35;1-27-39-35-11-3-5-13-37(35)48-44(32-21-17-30(18-22-32)34-10-8-24-46-26-34)42(39)28(2)40-36-12-4-6-14-38(36)47-43(41(27)40)31-19-15-29(16-20-31)33-9-7-23-45-25-33/h2*3-26H,1-2H3. The van der Waals surface area contributed by atoms with Gasteiger partial charge in [0.05, 0.1) is 56.2 Å². The van der Waals surface area contributed by atoms with E-state index in [2.05, 4.69) is 254 Å². The van der Waals surface area contributed by atoms with Crippen LogP contribution in [0.3, 0.4) is 0 Å². The Bertz CT molecular complexity index is 5300. The molecule has 8 aromatic heterocycles. The second kappa shape index (κ2) is 23.9. The summed E-state index contributed by atoms with van der Waals surface area (Å²) in [5, 5.41) is 14.2. The van der Waals surface area contributed by atoms with Gasteiger partial charge in [-0.1, -0.05) is 194 Å². The van der Waals surface area contributed by atoms with Gasteiger partial charge in [-0.3, -0.25) is 19.9 Å². The van der Waals surface area contributed by atoms with Crippen LogP contribution in [-0.2, 0) is 0 Å². The summed E-state index contributed by atoms with van der Waals surface area (Å²) >= 11 is 0. The molecule has 10 aromatic carbocycles. The van der Waals surface area contributed by atoms with Gasteiger partial charge in [0.15, 0.2) is 0 Å². The van der Waals surface area contributed by atoms with E-state index in [0.29, 0.717) is 0 Å². The van der Waals surface area contributed by atoms with Crippen molar-refractivity contribution in [2.45, 2.75) is 27.7 Å². The molecule has 0 N–H and O–H groups in total. The number of fused-ring (bicyclic) bond motifs is 12. The zero-order chi connectivity index (χ0) is 64.4. The molecule has 452 valence electrons. The van der Waals surface area contributed by atoms with E-state index >= 15 is 0 Å². The molecule has 0 radical (unpaired) electrons. The normalized spacial score (nSPS) is 11.5. The third kappa shape index (κ3) is 9.85. The quantitative estimate of drug-likeness (QED) is 0.109. The first-order chi connectivity index (χ1) is 47.3. The third-order valence-corrected chi connectivity index (χ3v) is 19.1. The van der Waals surface area contributed by atoms with E-state index in [9.17, 15) is 0 Å². The Morgan fingerprint density at radius 1 is 0.198 bits per heavy atom. The van der Waals surface area contributed by atoms with Crippen molar-refractivity contribution in [3.8, 4) is 89.8 Å². The summed E-state index contributed by atoms with van der Waals surface area (Å²) in [6.45, 7) is 9.03. The molecule has 0 aliphatic rings. The van der Waals surface area contributed by atoms with E-state index in [-0.39, 0.29) is 0 Å². The molecule has 0 bridgehead atoms. The van der Waals surface area contributed by atoms with Gasteiger partial charge in [0.1, 0.15) is 0 Å². The van der Waals surface area contributed by atoms with Crippen LogP contribution in [0.2, 0.25) is 0 Å². The number of rotatable bonds is 8. The number of aryl methyl sites for hydroxylation is 4. The van der Waals surface area contributed by atoms with Crippen molar-refractivity contribution in [2.75, 3.05) is 0 Å². The Morgan fingerprint density at radius 2 is 0.458 bits per heavy atom. The van der Waals surface area contributed by atoms with Crippen LogP contribution in [-0.4, -0.2) is 39.9 Å². The van der Waals surface area contributed by atoms with Crippen molar-refractivity contribution >= 4 is 86.7 Å². The van der Waals surface area contributed by atoms with Gasteiger partial charge in [0, 0.05) is 114 Å². The number of nitrogens with zero attached hydrogens (tertiary/aromatic N) is 8. The van der Waals surface area contributed by atoms with Crippen LogP contribution < -0.4 is 0 Å². The Labute approximate surface area is 555 Å². The molecule has 0 fully saturated rings. The maximum atomic E-state index is 5.35. The van der Waals surface area contributed by atoms with Crippen molar-refractivity contribution in [3.63, 3.8) is 0 Å². The SMILES string of the molecule is Cc1c2c(-c3ccc(-c4ccccn4)cc3)nc3ccccc3c2c(C)c2c(-c3ccc(-c4ccccn4)cc3)nc3ccccc3c12.Cc1c2c(-c3ccc(-c4cccnc4)cc3)nc3ccccc3c2c(C)c2c(-c3ccc(-c4cccnc4)cc3)nc3ccccc3c12. The van der Waals surface area contributed by atoms with Crippen LogP contribution in [0.4, 0.5) is 0 Å². The molecule has 0 saturated heterocycles. The molecule has 8 nitrogen and oxygen atoms in total. The summed E-state index contributed by atoms with van der Waals surface area (Å²) in [5.74, 6) is 0. The average molecular weight is 1230 g/mol. The van der Waals surface area contributed by atoms with Gasteiger partial charge in [0.25, 0.3) is 0 Å². The van der Waals surface area contributed by atoms with Gasteiger partial charge in [-0.25, -0.2) is 19.9 Å². The maximum absolute atomic E-state index is 5.35. The molecule has 0 aliphatic carbocycles. The summed E-state index contributed by atoms with van der Waals surface area (Å²) in [7, 11) is 0. The summed E-state index contributed by atoms with van der Waals surface area (Å²) in [4.78, 5) is 39.2. The van der Waals surface area contributed by atoms with E-state index in [4.69, 9.17) is 19.9 Å². The summed E-state index contributed by atoms with van der Waals surface area (Å²) in [6, 6.07) is 88.9. The minimum Gasteiger partial charge on any atom is -0.264 e. The Morgan fingerprint density at radius 3 is 0.719 bits per heavy atom. The lowest BCUT2D eigenvalue weighted by Gasteiger charge is -2.21. The van der Waals surface area contributed by atoms with Gasteiger partial charge in [-0.05, 0) is 154 Å². The van der Waals surface area contributed by atoms with Crippen LogP contribution in [0.1, 0.15) is 22.3 Å². The lowest BCUT2D eigenvalue weighted by atomic mass is 9.85. The van der Waals surface area contributed by atoms with E-state index in [1.807, 2.05) is 73.3 Å². The van der Waals surface area contributed by atoms with E-state index in [0.717, 1.165) is 133 Å². The van der Waals surface area contributed by atoms with Gasteiger partial charge >= 0.3 is 0 Å². The molecule has 18 aromatic rings. The fraction of sp³-hybridized carbons (Fsp3) is 0.0455. The first kappa shape index (κ1) is 57.4. The fourth-order valence-electron chi connectivity index (χ4n) is 14.6. The van der Waals surface area contributed by atoms with Gasteiger partial charge < -0.3 is 0 Å². The highest BCUT2D eigenvalue weighted by Gasteiger charge is 2.25. The van der Waals surface area contributed by atoms with Crippen molar-refractivity contribution in [1.82, 2.24) is 39.9 Å². The van der Waals surface area contributed by atoms with Crippen molar-refractivity contribution in [3.05, 3.63) is 314 Å². The molecule has 8 heteroatoms. The van der Waals surface area contributed by atoms with Crippen LogP contribution >= 0.6 is 0 Å². The monoisotopic (exact) mass is 1230 g/mol. The van der Waals surface area contributed by atoms with Gasteiger partial charge in [0.2, 0.25) is 0 Å². The summed E-state index contributed by atoms with van der Waals surface area (Å²) < 4.78 is 0. The second-order valence-electron chi connectivity index (χ2n) is 24.6. The first-order valence-corrected chi connectivity index (χ1v) is 32.4. The van der Waals surface area contributed by atoms with Crippen LogP contribution in [0.25, 0.3) is 176 Å². The Kier molecular flexibility index (Phi) is 14.3. The highest BCUT2D eigenvalue weighted by atomic mass is 14.7. The predicted octanol–water partition coefficient (Wildman–Crippen LogP) is 22.3. The number of para-hydroxylation sites is 4. The summed E-state index contributed by atoms with van der Waals surface area (Å²) in [5.41, 5.74) is 25.6. The zero-order valence-electron chi connectivity index (χ0n) is 53.3. The minimum absolute atomic E-state index is 0.956. The highest BCUT2D eigenvalue weighted by molar-refractivity contribution is 6.27. The fourth-order valence-corrected chi connectivity index (χ4v) is 14.6. The lowest BCUT2D eigenvalue weighted by Crippen LogP contribution is -1.99. The van der Waals surface area contributed by atoms with Crippen molar-refractivity contribution in [1.29, 1.82) is 0 Å². The number of aromatic nitrogens is 8. The van der Waals surface area contributed by atoms with Crippen LogP contribution in [0, 0.1) is 27.7 Å². The van der Waals surface area contributed by atoms with E-state index in [1.165, 1.54) is 65.3 Å². The lowest BCUT2D eigenvalue weighted by molar-refractivity contribution is 1.32. The van der Waals surface area contributed by atoms with Crippen LogP contribution in [0.15, 0.2) is 292 Å². The molecule has 0 atom stereocenters.